The lowest BCUT2D eigenvalue weighted by molar-refractivity contribution is -0.122. The van der Waals surface area contributed by atoms with Crippen LogP contribution in [0.15, 0.2) is 42.5 Å². The number of anilines is 1. The Hall–Kier alpha value is -2.49. The van der Waals surface area contributed by atoms with Gasteiger partial charge >= 0.3 is 0 Å². The summed E-state index contributed by atoms with van der Waals surface area (Å²) in [6, 6.07) is 13.5. The molecule has 0 fully saturated rings. The molecule has 2 aromatic carbocycles. The van der Waals surface area contributed by atoms with Gasteiger partial charge in [0.25, 0.3) is 5.91 Å². The molecule has 1 amide bonds. The third-order valence-electron chi connectivity index (χ3n) is 4.38. The van der Waals surface area contributed by atoms with Gasteiger partial charge in [0.05, 0.1) is 6.61 Å². The smallest absolute Gasteiger partial charge is 0.265 e. The molecule has 146 valence electrons. The average Bonchev–Trinajstić information content (AvgIpc) is 2.65. The van der Waals surface area contributed by atoms with Crippen LogP contribution in [0.1, 0.15) is 50.7 Å². The first-order chi connectivity index (χ1) is 13.0. The van der Waals surface area contributed by atoms with Crippen LogP contribution >= 0.6 is 0 Å². The molecule has 0 saturated heterocycles. The number of hydrogen-bond acceptors (Lipinski definition) is 3. The van der Waals surface area contributed by atoms with Gasteiger partial charge in [-0.1, -0.05) is 44.4 Å². The van der Waals surface area contributed by atoms with E-state index in [0.717, 1.165) is 29.0 Å². The number of unbranched alkanes of at least 4 members (excludes halogenated alkanes) is 3. The van der Waals surface area contributed by atoms with Crippen LogP contribution in [0.25, 0.3) is 0 Å². The van der Waals surface area contributed by atoms with Crippen LogP contribution in [0.5, 0.6) is 11.5 Å². The lowest BCUT2D eigenvalue weighted by Crippen LogP contribution is -2.30. The van der Waals surface area contributed by atoms with E-state index in [1.54, 1.807) is 6.92 Å². The first-order valence-corrected chi connectivity index (χ1v) is 9.77. The summed E-state index contributed by atoms with van der Waals surface area (Å²) in [6.45, 7) is 8.62. The summed E-state index contributed by atoms with van der Waals surface area (Å²) in [6.07, 6.45) is 4.08. The van der Waals surface area contributed by atoms with Crippen molar-refractivity contribution in [3.05, 3.63) is 53.6 Å². The summed E-state index contributed by atoms with van der Waals surface area (Å²) in [5.41, 5.74) is 2.83. The van der Waals surface area contributed by atoms with Gasteiger partial charge in [-0.2, -0.15) is 0 Å². The van der Waals surface area contributed by atoms with Gasteiger partial charge in [-0.15, -0.1) is 0 Å². The Labute approximate surface area is 162 Å². The molecule has 2 rings (SSSR count). The van der Waals surface area contributed by atoms with Gasteiger partial charge < -0.3 is 14.8 Å². The minimum absolute atomic E-state index is 0.184. The van der Waals surface area contributed by atoms with E-state index in [4.69, 9.17) is 9.47 Å². The summed E-state index contributed by atoms with van der Waals surface area (Å²) in [5.74, 6) is 1.32. The molecule has 0 aliphatic rings. The third-order valence-corrected chi connectivity index (χ3v) is 4.38. The Morgan fingerprint density at radius 2 is 1.89 bits per heavy atom. The van der Waals surface area contributed by atoms with E-state index in [1.165, 1.54) is 19.3 Å². The SMILES string of the molecule is CCCCCCOc1cccc(NC(=O)C(C)Oc2cc(C)ccc2C)c1. The van der Waals surface area contributed by atoms with Gasteiger partial charge in [-0.25, -0.2) is 0 Å². The van der Waals surface area contributed by atoms with Crippen LogP contribution in [0.4, 0.5) is 5.69 Å². The number of nitrogens with one attached hydrogen (secondary N) is 1. The first-order valence-electron chi connectivity index (χ1n) is 9.77. The van der Waals surface area contributed by atoms with Gasteiger partial charge in [0.2, 0.25) is 0 Å². The summed E-state index contributed by atoms with van der Waals surface area (Å²) < 4.78 is 11.6. The summed E-state index contributed by atoms with van der Waals surface area (Å²) in [4.78, 5) is 12.5. The molecule has 0 saturated carbocycles. The molecule has 0 radical (unpaired) electrons. The van der Waals surface area contributed by atoms with E-state index < -0.39 is 6.10 Å². The van der Waals surface area contributed by atoms with E-state index in [1.807, 2.05) is 56.3 Å². The highest BCUT2D eigenvalue weighted by Gasteiger charge is 2.16. The molecular formula is C23H31NO3. The Morgan fingerprint density at radius 1 is 1.07 bits per heavy atom. The quantitative estimate of drug-likeness (QED) is 0.549. The molecule has 0 spiro atoms. The van der Waals surface area contributed by atoms with Crippen LogP contribution in [-0.2, 0) is 4.79 Å². The molecule has 0 aliphatic carbocycles. The number of ether oxygens (including phenoxy) is 2. The highest BCUT2D eigenvalue weighted by molar-refractivity contribution is 5.94. The minimum Gasteiger partial charge on any atom is -0.494 e. The molecule has 1 unspecified atom stereocenters. The van der Waals surface area contributed by atoms with Crippen LogP contribution in [0.3, 0.4) is 0 Å². The molecule has 0 heterocycles. The molecular weight excluding hydrogens is 338 g/mol. The summed E-state index contributed by atoms with van der Waals surface area (Å²) >= 11 is 0. The molecule has 0 bridgehead atoms. The number of hydrogen-bond donors (Lipinski definition) is 1. The summed E-state index contributed by atoms with van der Waals surface area (Å²) in [7, 11) is 0. The fraction of sp³-hybridized carbons (Fsp3) is 0.435. The zero-order chi connectivity index (χ0) is 19.6. The number of aryl methyl sites for hydroxylation is 2. The average molecular weight is 370 g/mol. The number of rotatable bonds is 10. The van der Waals surface area contributed by atoms with Gasteiger partial charge in [0.1, 0.15) is 11.5 Å². The van der Waals surface area contributed by atoms with Crippen molar-refractivity contribution in [2.24, 2.45) is 0 Å². The third kappa shape index (κ3) is 6.97. The summed E-state index contributed by atoms with van der Waals surface area (Å²) in [5, 5.41) is 2.90. The molecule has 2 aromatic rings. The predicted molar refractivity (Wildman–Crippen MR) is 111 cm³/mol. The largest absolute Gasteiger partial charge is 0.494 e. The van der Waals surface area contributed by atoms with Crippen molar-refractivity contribution in [2.75, 3.05) is 11.9 Å². The van der Waals surface area contributed by atoms with Gasteiger partial charge in [0, 0.05) is 11.8 Å². The minimum atomic E-state index is -0.593. The van der Waals surface area contributed by atoms with E-state index in [9.17, 15) is 4.79 Å². The lowest BCUT2D eigenvalue weighted by atomic mass is 10.1. The fourth-order valence-corrected chi connectivity index (χ4v) is 2.70. The Bertz CT molecular complexity index is 742. The highest BCUT2D eigenvalue weighted by Crippen LogP contribution is 2.22. The maximum Gasteiger partial charge on any atom is 0.265 e. The maximum absolute atomic E-state index is 12.5. The topological polar surface area (TPSA) is 47.6 Å². The zero-order valence-corrected chi connectivity index (χ0v) is 16.9. The Balaban J connectivity index is 1.89. The van der Waals surface area contributed by atoms with Crippen LogP contribution in [-0.4, -0.2) is 18.6 Å². The van der Waals surface area contributed by atoms with Gasteiger partial charge in [-0.3, -0.25) is 4.79 Å². The van der Waals surface area contributed by atoms with Crippen molar-refractivity contribution < 1.29 is 14.3 Å². The van der Waals surface area contributed by atoms with E-state index in [0.29, 0.717) is 12.3 Å². The molecule has 1 N–H and O–H groups in total. The number of benzene rings is 2. The van der Waals surface area contributed by atoms with Gasteiger partial charge in [-0.05, 0) is 56.5 Å². The van der Waals surface area contributed by atoms with Crippen LogP contribution < -0.4 is 14.8 Å². The highest BCUT2D eigenvalue weighted by atomic mass is 16.5. The molecule has 4 heteroatoms. The number of amides is 1. The Kier molecular flexibility index (Phi) is 8.18. The van der Waals surface area contributed by atoms with Crippen LogP contribution in [0.2, 0.25) is 0 Å². The standard InChI is InChI=1S/C23H31NO3/c1-5-6-7-8-14-26-21-11-9-10-20(16-21)24-23(25)19(4)27-22-15-17(2)12-13-18(22)3/h9-13,15-16,19H,5-8,14H2,1-4H3,(H,24,25). The second kappa shape index (κ2) is 10.6. The van der Waals surface area contributed by atoms with Crippen molar-refractivity contribution in [1.29, 1.82) is 0 Å². The molecule has 27 heavy (non-hydrogen) atoms. The Morgan fingerprint density at radius 3 is 2.67 bits per heavy atom. The molecule has 4 nitrogen and oxygen atoms in total. The lowest BCUT2D eigenvalue weighted by Gasteiger charge is -2.17. The van der Waals surface area contributed by atoms with Crippen molar-refractivity contribution >= 4 is 11.6 Å². The van der Waals surface area contributed by atoms with Crippen molar-refractivity contribution in [3.8, 4) is 11.5 Å². The number of carbonyl (C=O) groups is 1. The fourth-order valence-electron chi connectivity index (χ4n) is 2.70. The van der Waals surface area contributed by atoms with Crippen molar-refractivity contribution in [1.82, 2.24) is 0 Å². The van der Waals surface area contributed by atoms with E-state index in [2.05, 4.69) is 12.2 Å². The van der Waals surface area contributed by atoms with E-state index >= 15 is 0 Å². The number of carbonyl (C=O) groups excluding carboxylic acids is 1. The zero-order valence-electron chi connectivity index (χ0n) is 16.9. The van der Waals surface area contributed by atoms with Gasteiger partial charge in [0.15, 0.2) is 6.10 Å². The predicted octanol–water partition coefficient (Wildman–Crippen LogP) is 5.67. The molecule has 0 aromatic heterocycles. The first kappa shape index (κ1) is 20.8. The monoisotopic (exact) mass is 369 g/mol. The molecule has 0 aliphatic heterocycles. The van der Waals surface area contributed by atoms with E-state index in [-0.39, 0.29) is 5.91 Å². The second-order valence-electron chi connectivity index (χ2n) is 6.96. The second-order valence-corrected chi connectivity index (χ2v) is 6.96. The molecule has 1 atom stereocenters. The maximum atomic E-state index is 12.5. The van der Waals surface area contributed by atoms with Crippen LogP contribution in [0, 0.1) is 13.8 Å². The normalized spacial score (nSPS) is 11.7. The van der Waals surface area contributed by atoms with Crippen molar-refractivity contribution in [3.63, 3.8) is 0 Å². The van der Waals surface area contributed by atoms with Crippen molar-refractivity contribution in [2.45, 2.75) is 59.5 Å².